The number of furan rings is 1. The number of rotatable bonds is 7. The highest BCUT2D eigenvalue weighted by Crippen LogP contribution is 2.42. The number of benzene rings is 2. The molecule has 2 N–H and O–H groups in total. The first kappa shape index (κ1) is 22.6. The molecule has 0 unspecified atom stereocenters. The number of carbonyl (C=O) groups excluding carboxylic acids is 1. The fourth-order valence-corrected chi connectivity index (χ4v) is 4.45. The molecule has 1 saturated heterocycles. The Morgan fingerprint density at radius 3 is 2.51 bits per heavy atom. The van der Waals surface area contributed by atoms with Crippen molar-refractivity contribution in [3.8, 4) is 5.75 Å². The number of hydrogen-bond acceptors (Lipinski definition) is 5. The molecule has 1 aliphatic heterocycles. The molecule has 2 aromatic carbocycles. The molecule has 0 aliphatic carbocycles. The summed E-state index contributed by atoms with van der Waals surface area (Å²) in [4.78, 5) is 18.9. The predicted octanol–water partition coefficient (Wildman–Crippen LogP) is 5.18. The van der Waals surface area contributed by atoms with Gasteiger partial charge in [0.15, 0.2) is 11.7 Å². The zero-order chi connectivity index (χ0) is 24.2. The van der Waals surface area contributed by atoms with Gasteiger partial charge in [-0.2, -0.15) is 0 Å². The number of nitrogens with one attached hydrogen (secondary N) is 2. The number of para-hydroxylation sites is 1. The SMILES string of the molecule is Cc1ccc([C@H]2[C@@H](c3ccccn3)NC(=S)N2c2ccc(NC(=O)COc3ccccc3)cc2)o1. The van der Waals surface area contributed by atoms with Gasteiger partial charge < -0.3 is 24.7 Å². The number of pyridine rings is 1. The molecule has 3 heterocycles. The van der Waals surface area contributed by atoms with E-state index in [1.807, 2.05) is 96.8 Å². The summed E-state index contributed by atoms with van der Waals surface area (Å²) in [6.07, 6.45) is 1.77. The maximum Gasteiger partial charge on any atom is 0.262 e. The first-order chi connectivity index (χ1) is 17.1. The zero-order valence-electron chi connectivity index (χ0n) is 19.0. The van der Waals surface area contributed by atoms with Crippen LogP contribution in [0.3, 0.4) is 0 Å². The summed E-state index contributed by atoms with van der Waals surface area (Å²) in [6.45, 7) is 1.85. The number of anilines is 2. The molecule has 1 aliphatic rings. The minimum Gasteiger partial charge on any atom is -0.484 e. The number of carbonyl (C=O) groups is 1. The maximum atomic E-state index is 12.3. The van der Waals surface area contributed by atoms with Crippen molar-refractivity contribution in [3.05, 3.63) is 108 Å². The summed E-state index contributed by atoms with van der Waals surface area (Å²) in [7, 11) is 0. The normalized spacial score (nSPS) is 17.2. The van der Waals surface area contributed by atoms with Gasteiger partial charge in [0.05, 0.1) is 11.7 Å². The molecule has 5 rings (SSSR count). The molecule has 0 bridgehead atoms. The Kier molecular flexibility index (Phi) is 6.45. The van der Waals surface area contributed by atoms with Crippen LogP contribution in [0.5, 0.6) is 5.75 Å². The van der Waals surface area contributed by atoms with E-state index in [0.717, 1.165) is 22.9 Å². The lowest BCUT2D eigenvalue weighted by Crippen LogP contribution is -2.29. The molecule has 2 aromatic heterocycles. The Labute approximate surface area is 208 Å². The molecule has 8 heteroatoms. The Balaban J connectivity index is 1.34. The number of aromatic nitrogens is 1. The van der Waals surface area contributed by atoms with E-state index < -0.39 is 0 Å². The molecule has 176 valence electrons. The number of ether oxygens (including phenoxy) is 1. The number of amides is 1. The summed E-state index contributed by atoms with van der Waals surface area (Å²) >= 11 is 5.73. The molecule has 0 spiro atoms. The largest absolute Gasteiger partial charge is 0.484 e. The Bertz CT molecular complexity index is 1310. The van der Waals surface area contributed by atoms with E-state index in [-0.39, 0.29) is 24.6 Å². The molecular formula is C27H24N4O3S. The van der Waals surface area contributed by atoms with E-state index in [1.54, 1.807) is 6.20 Å². The molecule has 4 aromatic rings. The molecule has 0 saturated carbocycles. The van der Waals surface area contributed by atoms with Gasteiger partial charge in [0.25, 0.3) is 5.91 Å². The third-order valence-electron chi connectivity index (χ3n) is 5.69. The highest BCUT2D eigenvalue weighted by atomic mass is 32.1. The monoisotopic (exact) mass is 484 g/mol. The second kappa shape index (κ2) is 9.99. The number of aryl methyl sites for hydroxylation is 1. The second-order valence-corrected chi connectivity index (χ2v) is 8.53. The van der Waals surface area contributed by atoms with Crippen LogP contribution in [0.4, 0.5) is 11.4 Å². The fraction of sp³-hybridized carbons (Fsp3) is 0.148. The van der Waals surface area contributed by atoms with Crippen LogP contribution in [-0.4, -0.2) is 22.6 Å². The lowest BCUT2D eigenvalue weighted by molar-refractivity contribution is -0.118. The van der Waals surface area contributed by atoms with Crippen molar-refractivity contribution in [3.63, 3.8) is 0 Å². The standard InChI is InChI=1S/C27H24N4O3S/c1-18-10-15-23(34-18)26-25(22-9-5-6-16-28-22)30-27(35)31(26)20-13-11-19(12-14-20)29-24(32)17-33-21-7-3-2-4-8-21/h2-16,25-26H,17H2,1H3,(H,29,32)(H,30,35)/t25-,26+/m1/s1. The van der Waals surface area contributed by atoms with E-state index in [9.17, 15) is 4.79 Å². The fourth-order valence-electron chi connectivity index (χ4n) is 4.10. The van der Waals surface area contributed by atoms with Gasteiger partial charge >= 0.3 is 0 Å². The van der Waals surface area contributed by atoms with Crippen molar-refractivity contribution < 1.29 is 13.9 Å². The van der Waals surface area contributed by atoms with Gasteiger partial charge in [0.2, 0.25) is 0 Å². The van der Waals surface area contributed by atoms with Crippen LogP contribution in [0.2, 0.25) is 0 Å². The van der Waals surface area contributed by atoms with Crippen LogP contribution in [0.25, 0.3) is 0 Å². The maximum absolute atomic E-state index is 12.3. The Hall–Kier alpha value is -4.17. The van der Waals surface area contributed by atoms with Gasteiger partial charge in [-0.3, -0.25) is 9.78 Å². The van der Waals surface area contributed by atoms with Crippen molar-refractivity contribution >= 4 is 34.6 Å². The van der Waals surface area contributed by atoms with Crippen molar-refractivity contribution in [2.75, 3.05) is 16.8 Å². The quantitative estimate of drug-likeness (QED) is 0.350. The van der Waals surface area contributed by atoms with Gasteiger partial charge in [0, 0.05) is 17.6 Å². The molecular weight excluding hydrogens is 460 g/mol. The second-order valence-electron chi connectivity index (χ2n) is 8.14. The van der Waals surface area contributed by atoms with Crippen LogP contribution >= 0.6 is 12.2 Å². The van der Waals surface area contributed by atoms with Crippen LogP contribution < -0.4 is 20.3 Å². The predicted molar refractivity (Wildman–Crippen MR) is 138 cm³/mol. The average molecular weight is 485 g/mol. The molecule has 7 nitrogen and oxygen atoms in total. The van der Waals surface area contributed by atoms with Crippen LogP contribution in [0.15, 0.2) is 95.5 Å². The summed E-state index contributed by atoms with van der Waals surface area (Å²) in [5.41, 5.74) is 2.41. The van der Waals surface area contributed by atoms with Crippen molar-refractivity contribution in [1.29, 1.82) is 0 Å². The topological polar surface area (TPSA) is 79.6 Å². The minimum absolute atomic E-state index is 0.0719. The number of nitrogens with zero attached hydrogens (tertiary/aromatic N) is 2. The summed E-state index contributed by atoms with van der Waals surface area (Å²) in [5.74, 6) is 2.03. The van der Waals surface area contributed by atoms with E-state index in [0.29, 0.717) is 16.5 Å². The van der Waals surface area contributed by atoms with Gasteiger partial charge in [-0.25, -0.2) is 0 Å². The molecule has 1 fully saturated rings. The Morgan fingerprint density at radius 1 is 1.06 bits per heavy atom. The van der Waals surface area contributed by atoms with Crippen LogP contribution in [-0.2, 0) is 4.79 Å². The first-order valence-corrected chi connectivity index (χ1v) is 11.6. The lowest BCUT2D eigenvalue weighted by Gasteiger charge is -2.26. The van der Waals surface area contributed by atoms with E-state index in [4.69, 9.17) is 21.4 Å². The summed E-state index contributed by atoms with van der Waals surface area (Å²) < 4.78 is 11.5. The van der Waals surface area contributed by atoms with E-state index in [2.05, 4.69) is 15.6 Å². The molecule has 0 radical (unpaired) electrons. The molecule has 2 atom stereocenters. The third kappa shape index (κ3) is 5.02. The minimum atomic E-state index is -0.237. The first-order valence-electron chi connectivity index (χ1n) is 11.2. The van der Waals surface area contributed by atoms with Crippen LogP contribution in [0, 0.1) is 6.92 Å². The smallest absolute Gasteiger partial charge is 0.262 e. The lowest BCUT2D eigenvalue weighted by atomic mass is 10.0. The average Bonchev–Trinajstić information content (AvgIpc) is 3.47. The molecule has 1 amide bonds. The van der Waals surface area contributed by atoms with Gasteiger partial charge in [0.1, 0.15) is 23.3 Å². The van der Waals surface area contributed by atoms with Crippen molar-refractivity contribution in [2.45, 2.75) is 19.0 Å². The van der Waals surface area contributed by atoms with Gasteiger partial charge in [-0.1, -0.05) is 24.3 Å². The summed E-state index contributed by atoms with van der Waals surface area (Å²) in [6, 6.07) is 26.1. The van der Waals surface area contributed by atoms with E-state index in [1.165, 1.54) is 0 Å². The molecule has 35 heavy (non-hydrogen) atoms. The van der Waals surface area contributed by atoms with Crippen molar-refractivity contribution in [1.82, 2.24) is 10.3 Å². The van der Waals surface area contributed by atoms with Crippen LogP contribution in [0.1, 0.15) is 29.3 Å². The summed E-state index contributed by atoms with van der Waals surface area (Å²) in [5, 5.41) is 6.84. The number of thiocarbonyl (C=S) groups is 1. The van der Waals surface area contributed by atoms with Gasteiger partial charge in [-0.15, -0.1) is 0 Å². The zero-order valence-corrected chi connectivity index (χ0v) is 19.9. The third-order valence-corrected chi connectivity index (χ3v) is 6.01. The van der Waals surface area contributed by atoms with Crippen molar-refractivity contribution in [2.24, 2.45) is 0 Å². The van der Waals surface area contributed by atoms with E-state index >= 15 is 0 Å². The highest BCUT2D eigenvalue weighted by Gasteiger charge is 2.42. The highest BCUT2D eigenvalue weighted by molar-refractivity contribution is 7.80. The Morgan fingerprint density at radius 2 is 1.83 bits per heavy atom. The number of hydrogen-bond donors (Lipinski definition) is 2. The van der Waals surface area contributed by atoms with Gasteiger partial charge in [-0.05, 0) is 79.8 Å².